The zero-order valence-electron chi connectivity index (χ0n) is 14.3. The third kappa shape index (κ3) is 2.14. The Kier molecular flexibility index (Phi) is 3.56. The standard InChI is InChI=1S/C22H19ClN2O/c23-15-9-10-18-19(13-15)25-21(26)22(18)11-4-12-24-20(22)17-8-3-6-14-5-1-2-7-16(14)17/h1-3,5-10,13,20,24H,4,11-12H2,(H,25,26)/t20?,22-/m1/s1. The maximum atomic E-state index is 13.2. The molecule has 2 N–H and O–H groups in total. The first-order chi connectivity index (χ1) is 12.7. The molecule has 0 aliphatic carbocycles. The molecule has 0 radical (unpaired) electrons. The first-order valence-electron chi connectivity index (χ1n) is 9.03. The molecule has 26 heavy (non-hydrogen) atoms. The second kappa shape index (κ2) is 5.83. The second-order valence-electron chi connectivity index (χ2n) is 7.17. The van der Waals surface area contributed by atoms with E-state index in [2.05, 4.69) is 53.1 Å². The van der Waals surface area contributed by atoms with Gasteiger partial charge < -0.3 is 10.6 Å². The molecule has 130 valence electrons. The van der Waals surface area contributed by atoms with E-state index in [4.69, 9.17) is 11.6 Å². The lowest BCUT2D eigenvalue weighted by Crippen LogP contribution is -2.50. The van der Waals surface area contributed by atoms with Crippen molar-refractivity contribution in [3.05, 3.63) is 76.8 Å². The van der Waals surface area contributed by atoms with E-state index in [1.54, 1.807) is 0 Å². The molecule has 1 fully saturated rings. The lowest BCUT2D eigenvalue weighted by atomic mass is 9.67. The third-order valence-corrected chi connectivity index (χ3v) is 6.07. The fourth-order valence-electron chi connectivity index (χ4n) is 4.71. The number of fused-ring (bicyclic) bond motifs is 3. The highest BCUT2D eigenvalue weighted by Crippen LogP contribution is 2.51. The summed E-state index contributed by atoms with van der Waals surface area (Å²) in [5, 5.41) is 9.78. The van der Waals surface area contributed by atoms with Crippen molar-refractivity contribution in [3.63, 3.8) is 0 Å². The monoisotopic (exact) mass is 362 g/mol. The second-order valence-corrected chi connectivity index (χ2v) is 7.61. The van der Waals surface area contributed by atoms with Crippen molar-refractivity contribution < 1.29 is 4.79 Å². The zero-order chi connectivity index (χ0) is 17.7. The Hall–Kier alpha value is -2.36. The minimum Gasteiger partial charge on any atom is -0.325 e. The number of hydrogen-bond donors (Lipinski definition) is 2. The summed E-state index contributed by atoms with van der Waals surface area (Å²) >= 11 is 6.16. The van der Waals surface area contributed by atoms with E-state index < -0.39 is 5.41 Å². The molecule has 1 saturated heterocycles. The Morgan fingerprint density at radius 1 is 1.04 bits per heavy atom. The smallest absolute Gasteiger partial charge is 0.237 e. The van der Waals surface area contributed by atoms with Crippen LogP contribution in [0.25, 0.3) is 10.8 Å². The summed E-state index contributed by atoms with van der Waals surface area (Å²) in [6.45, 7) is 0.909. The Morgan fingerprint density at radius 3 is 2.81 bits per heavy atom. The molecule has 1 spiro atoms. The largest absolute Gasteiger partial charge is 0.325 e. The number of amides is 1. The molecule has 2 atom stereocenters. The van der Waals surface area contributed by atoms with Crippen LogP contribution in [0.5, 0.6) is 0 Å². The molecule has 5 rings (SSSR count). The van der Waals surface area contributed by atoms with Crippen molar-refractivity contribution in [3.8, 4) is 0 Å². The van der Waals surface area contributed by atoms with Gasteiger partial charge in [-0.1, -0.05) is 60.1 Å². The van der Waals surface area contributed by atoms with Gasteiger partial charge in [0.15, 0.2) is 0 Å². The van der Waals surface area contributed by atoms with Crippen molar-refractivity contribution in [2.24, 2.45) is 0 Å². The molecule has 4 heteroatoms. The average molecular weight is 363 g/mol. The summed E-state index contributed by atoms with van der Waals surface area (Å²) < 4.78 is 0. The summed E-state index contributed by atoms with van der Waals surface area (Å²) in [5.41, 5.74) is 2.48. The van der Waals surface area contributed by atoms with Gasteiger partial charge in [0.05, 0.1) is 11.5 Å². The molecular formula is C22H19ClN2O. The molecule has 3 aromatic rings. The Morgan fingerprint density at radius 2 is 1.88 bits per heavy atom. The molecule has 2 aliphatic heterocycles. The van der Waals surface area contributed by atoms with Gasteiger partial charge in [-0.05, 0) is 53.4 Å². The first-order valence-corrected chi connectivity index (χ1v) is 9.40. The summed E-state index contributed by atoms with van der Waals surface area (Å²) in [5.74, 6) is 0.0694. The van der Waals surface area contributed by atoms with Gasteiger partial charge in [-0.15, -0.1) is 0 Å². The van der Waals surface area contributed by atoms with Crippen LogP contribution in [0.4, 0.5) is 5.69 Å². The normalized spacial score (nSPS) is 24.7. The SMILES string of the molecule is O=C1Nc2cc(Cl)ccc2[C@@]12CCCNC2c1cccc2ccccc12. The number of nitrogens with one attached hydrogen (secondary N) is 2. The molecule has 0 saturated carbocycles. The van der Waals surface area contributed by atoms with E-state index in [0.717, 1.165) is 30.6 Å². The number of rotatable bonds is 1. The molecule has 0 aromatic heterocycles. The minimum atomic E-state index is -0.595. The molecular weight excluding hydrogens is 344 g/mol. The molecule has 1 unspecified atom stereocenters. The van der Waals surface area contributed by atoms with E-state index in [1.165, 1.54) is 16.3 Å². The molecule has 2 heterocycles. The number of benzene rings is 3. The van der Waals surface area contributed by atoms with Crippen molar-refractivity contribution in [1.29, 1.82) is 0 Å². The van der Waals surface area contributed by atoms with E-state index >= 15 is 0 Å². The van der Waals surface area contributed by atoms with Gasteiger partial charge in [-0.3, -0.25) is 4.79 Å². The number of carbonyl (C=O) groups is 1. The highest BCUT2D eigenvalue weighted by molar-refractivity contribution is 6.31. The van der Waals surface area contributed by atoms with Gasteiger partial charge >= 0.3 is 0 Å². The van der Waals surface area contributed by atoms with Gasteiger partial charge in [0.1, 0.15) is 0 Å². The fourth-order valence-corrected chi connectivity index (χ4v) is 4.88. The van der Waals surface area contributed by atoms with Crippen LogP contribution in [-0.2, 0) is 10.2 Å². The maximum Gasteiger partial charge on any atom is 0.237 e. The molecule has 3 aromatic carbocycles. The molecule has 3 nitrogen and oxygen atoms in total. The van der Waals surface area contributed by atoms with E-state index in [9.17, 15) is 4.79 Å². The summed E-state index contributed by atoms with van der Waals surface area (Å²) in [6, 6.07) is 20.4. The highest BCUT2D eigenvalue weighted by Gasteiger charge is 2.54. The molecule has 2 aliphatic rings. The number of carbonyl (C=O) groups excluding carboxylic acids is 1. The van der Waals surface area contributed by atoms with Crippen molar-refractivity contribution >= 4 is 34.0 Å². The predicted molar refractivity (Wildman–Crippen MR) is 106 cm³/mol. The number of halogens is 1. The van der Waals surface area contributed by atoms with Gasteiger partial charge in [-0.25, -0.2) is 0 Å². The average Bonchev–Trinajstić information content (AvgIpc) is 2.93. The van der Waals surface area contributed by atoms with Gasteiger partial charge in [0.25, 0.3) is 0 Å². The number of hydrogen-bond acceptors (Lipinski definition) is 2. The van der Waals surface area contributed by atoms with Crippen LogP contribution in [0.15, 0.2) is 60.7 Å². The summed E-state index contributed by atoms with van der Waals surface area (Å²) in [7, 11) is 0. The zero-order valence-corrected chi connectivity index (χ0v) is 15.0. The Bertz CT molecular complexity index is 1030. The minimum absolute atomic E-state index is 0.0650. The number of anilines is 1. The van der Waals surface area contributed by atoms with Crippen LogP contribution in [0.2, 0.25) is 5.02 Å². The van der Waals surface area contributed by atoms with Gasteiger partial charge in [0, 0.05) is 10.7 Å². The van der Waals surface area contributed by atoms with Crippen LogP contribution < -0.4 is 10.6 Å². The fraction of sp³-hybridized carbons (Fsp3) is 0.227. The van der Waals surface area contributed by atoms with Crippen LogP contribution >= 0.6 is 11.6 Å². The highest BCUT2D eigenvalue weighted by atomic mass is 35.5. The van der Waals surface area contributed by atoms with Gasteiger partial charge in [0.2, 0.25) is 5.91 Å². The Balaban J connectivity index is 1.75. The molecule has 0 bridgehead atoms. The topological polar surface area (TPSA) is 41.1 Å². The van der Waals surface area contributed by atoms with E-state index in [1.807, 2.05) is 18.2 Å². The Labute approximate surface area is 157 Å². The predicted octanol–water partition coefficient (Wildman–Crippen LogP) is 4.81. The van der Waals surface area contributed by atoms with E-state index in [-0.39, 0.29) is 11.9 Å². The quantitative estimate of drug-likeness (QED) is 0.652. The lowest BCUT2D eigenvalue weighted by Gasteiger charge is -2.41. The van der Waals surface area contributed by atoms with Crippen LogP contribution in [0, 0.1) is 0 Å². The first kappa shape index (κ1) is 15.9. The molecule has 1 amide bonds. The van der Waals surface area contributed by atoms with Gasteiger partial charge in [-0.2, -0.15) is 0 Å². The maximum absolute atomic E-state index is 13.2. The number of piperidine rings is 1. The summed E-state index contributed by atoms with van der Waals surface area (Å²) in [6.07, 6.45) is 1.80. The van der Waals surface area contributed by atoms with Crippen molar-refractivity contribution in [2.45, 2.75) is 24.3 Å². The summed E-state index contributed by atoms with van der Waals surface area (Å²) in [4.78, 5) is 13.2. The van der Waals surface area contributed by atoms with Crippen LogP contribution in [0.3, 0.4) is 0 Å². The third-order valence-electron chi connectivity index (χ3n) is 5.84. The van der Waals surface area contributed by atoms with Crippen molar-refractivity contribution in [1.82, 2.24) is 5.32 Å². The van der Waals surface area contributed by atoms with Crippen LogP contribution in [0.1, 0.15) is 30.0 Å². The van der Waals surface area contributed by atoms with E-state index in [0.29, 0.717) is 5.02 Å². The van der Waals surface area contributed by atoms with Crippen molar-refractivity contribution in [2.75, 3.05) is 11.9 Å². The lowest BCUT2D eigenvalue weighted by molar-refractivity contribution is -0.123. The van der Waals surface area contributed by atoms with Crippen LogP contribution in [-0.4, -0.2) is 12.5 Å².